The number of carbonyl (C=O) groups is 2. The standard InChI is InChI=1S/C19H21BrN2O5/c1-3-26-16-7-12(6-14(20)18(16)27-10-17(21)23)9-22-15-8-13(19(24)25)5-4-11(15)2/h4-8,22H,3,9-10H2,1-2H3,(H2,21,23)(H,24,25). The van der Waals surface area contributed by atoms with Gasteiger partial charge in [0.2, 0.25) is 0 Å². The van der Waals surface area contributed by atoms with Crippen molar-refractivity contribution in [3.05, 3.63) is 51.5 Å². The molecule has 0 bridgehead atoms. The minimum absolute atomic E-state index is 0.217. The molecule has 27 heavy (non-hydrogen) atoms. The predicted octanol–water partition coefficient (Wildman–Crippen LogP) is 3.33. The molecule has 144 valence electrons. The molecule has 0 radical (unpaired) electrons. The van der Waals surface area contributed by atoms with E-state index >= 15 is 0 Å². The van der Waals surface area contributed by atoms with Gasteiger partial charge in [-0.05, 0) is 65.2 Å². The Bertz CT molecular complexity index is 854. The first-order valence-corrected chi connectivity index (χ1v) is 9.05. The summed E-state index contributed by atoms with van der Waals surface area (Å²) in [5.41, 5.74) is 7.91. The van der Waals surface area contributed by atoms with E-state index in [0.29, 0.717) is 29.1 Å². The number of nitrogens with two attached hydrogens (primary N) is 1. The molecule has 0 aliphatic rings. The summed E-state index contributed by atoms with van der Waals surface area (Å²) in [6, 6.07) is 8.56. The second kappa shape index (κ2) is 9.27. The molecule has 0 saturated carbocycles. The lowest BCUT2D eigenvalue weighted by Gasteiger charge is -2.16. The summed E-state index contributed by atoms with van der Waals surface area (Å²) in [7, 11) is 0. The Hall–Kier alpha value is -2.74. The van der Waals surface area contributed by atoms with Crippen LogP contribution in [0.15, 0.2) is 34.8 Å². The van der Waals surface area contributed by atoms with Crippen LogP contribution in [0.25, 0.3) is 0 Å². The number of carboxylic acids is 1. The molecular weight excluding hydrogens is 416 g/mol. The molecule has 8 heteroatoms. The van der Waals surface area contributed by atoms with Crippen molar-refractivity contribution in [3.63, 3.8) is 0 Å². The maximum atomic E-state index is 11.1. The molecule has 0 heterocycles. The van der Waals surface area contributed by atoms with Gasteiger partial charge in [0, 0.05) is 12.2 Å². The fraction of sp³-hybridized carbons (Fsp3) is 0.263. The number of carboxylic acid groups (broad SMARTS) is 1. The molecule has 0 aliphatic carbocycles. The van der Waals surface area contributed by atoms with Gasteiger partial charge < -0.3 is 25.6 Å². The minimum Gasteiger partial charge on any atom is -0.490 e. The molecule has 4 N–H and O–H groups in total. The van der Waals surface area contributed by atoms with Crippen molar-refractivity contribution in [2.45, 2.75) is 20.4 Å². The molecule has 0 unspecified atom stereocenters. The van der Waals surface area contributed by atoms with E-state index in [9.17, 15) is 9.59 Å². The van der Waals surface area contributed by atoms with Gasteiger partial charge in [-0.25, -0.2) is 4.79 Å². The molecule has 0 aromatic heterocycles. The summed E-state index contributed by atoms with van der Waals surface area (Å²) in [4.78, 5) is 22.1. The van der Waals surface area contributed by atoms with Crippen molar-refractivity contribution in [1.29, 1.82) is 0 Å². The molecule has 7 nitrogen and oxygen atoms in total. The summed E-state index contributed by atoms with van der Waals surface area (Å²) in [5, 5.41) is 12.4. The van der Waals surface area contributed by atoms with Gasteiger partial charge in [-0.3, -0.25) is 4.79 Å². The Kier molecular flexibility index (Phi) is 7.06. The zero-order valence-electron chi connectivity index (χ0n) is 15.0. The molecule has 0 atom stereocenters. The number of anilines is 1. The SMILES string of the molecule is CCOc1cc(CNc2cc(C(=O)O)ccc2C)cc(Br)c1OCC(N)=O. The lowest BCUT2D eigenvalue weighted by Crippen LogP contribution is -2.20. The van der Waals surface area contributed by atoms with Crippen LogP contribution in [0.1, 0.15) is 28.4 Å². The Morgan fingerprint density at radius 3 is 2.59 bits per heavy atom. The van der Waals surface area contributed by atoms with E-state index in [0.717, 1.165) is 16.8 Å². The minimum atomic E-state index is -0.977. The third-order valence-electron chi connectivity index (χ3n) is 3.70. The zero-order valence-corrected chi connectivity index (χ0v) is 16.6. The van der Waals surface area contributed by atoms with Crippen molar-refractivity contribution in [2.24, 2.45) is 5.73 Å². The van der Waals surface area contributed by atoms with Crippen LogP contribution in [0.3, 0.4) is 0 Å². The average molecular weight is 437 g/mol. The number of amides is 1. The fourth-order valence-corrected chi connectivity index (χ4v) is 3.02. The number of hydrogen-bond acceptors (Lipinski definition) is 5. The number of halogens is 1. The zero-order chi connectivity index (χ0) is 20.0. The Balaban J connectivity index is 2.23. The summed E-state index contributed by atoms with van der Waals surface area (Å²) >= 11 is 3.43. The number of primary amides is 1. The van der Waals surface area contributed by atoms with Gasteiger partial charge in [0.1, 0.15) is 0 Å². The van der Waals surface area contributed by atoms with Gasteiger partial charge >= 0.3 is 5.97 Å². The van der Waals surface area contributed by atoms with Crippen LogP contribution < -0.4 is 20.5 Å². The number of ether oxygens (including phenoxy) is 2. The van der Waals surface area contributed by atoms with Crippen molar-refractivity contribution in [1.82, 2.24) is 0 Å². The van der Waals surface area contributed by atoms with Crippen LogP contribution in [0.4, 0.5) is 5.69 Å². The molecule has 0 aliphatic heterocycles. The molecule has 1 amide bonds. The van der Waals surface area contributed by atoms with E-state index < -0.39 is 11.9 Å². The first-order chi connectivity index (χ1) is 12.8. The molecule has 0 fully saturated rings. The first kappa shape index (κ1) is 20.6. The molecule has 0 spiro atoms. The lowest BCUT2D eigenvalue weighted by molar-refractivity contribution is -0.119. The Morgan fingerprint density at radius 2 is 1.96 bits per heavy atom. The number of nitrogens with one attached hydrogen (secondary N) is 1. The van der Waals surface area contributed by atoms with Crippen LogP contribution in [-0.2, 0) is 11.3 Å². The van der Waals surface area contributed by atoms with Gasteiger partial charge in [-0.15, -0.1) is 0 Å². The van der Waals surface area contributed by atoms with Crippen molar-refractivity contribution >= 4 is 33.5 Å². The van der Waals surface area contributed by atoms with Gasteiger partial charge in [0.25, 0.3) is 5.91 Å². The smallest absolute Gasteiger partial charge is 0.335 e. The predicted molar refractivity (Wildman–Crippen MR) is 105 cm³/mol. The van der Waals surface area contributed by atoms with Gasteiger partial charge in [0.05, 0.1) is 16.6 Å². The lowest BCUT2D eigenvalue weighted by atomic mass is 10.1. The monoisotopic (exact) mass is 436 g/mol. The highest BCUT2D eigenvalue weighted by Crippen LogP contribution is 2.37. The third kappa shape index (κ3) is 5.62. The van der Waals surface area contributed by atoms with Gasteiger partial charge in [-0.2, -0.15) is 0 Å². The second-order valence-electron chi connectivity index (χ2n) is 5.78. The maximum Gasteiger partial charge on any atom is 0.335 e. The number of benzene rings is 2. The highest BCUT2D eigenvalue weighted by Gasteiger charge is 2.14. The van der Waals surface area contributed by atoms with Gasteiger partial charge in [0.15, 0.2) is 18.1 Å². The maximum absolute atomic E-state index is 11.1. The normalized spacial score (nSPS) is 10.3. The second-order valence-corrected chi connectivity index (χ2v) is 6.64. The molecule has 2 aromatic rings. The number of hydrogen-bond donors (Lipinski definition) is 3. The summed E-state index contributed by atoms with van der Waals surface area (Å²) < 4.78 is 11.7. The molecular formula is C19H21BrN2O5. The summed E-state index contributed by atoms with van der Waals surface area (Å²) in [5.74, 6) is -0.663. The van der Waals surface area contributed by atoms with Crippen LogP contribution in [0, 0.1) is 6.92 Å². The van der Waals surface area contributed by atoms with Crippen LogP contribution >= 0.6 is 15.9 Å². The average Bonchev–Trinajstić information content (AvgIpc) is 2.60. The number of rotatable bonds is 9. The van der Waals surface area contributed by atoms with E-state index in [2.05, 4.69) is 21.2 Å². The number of aromatic carboxylic acids is 1. The largest absolute Gasteiger partial charge is 0.490 e. The third-order valence-corrected chi connectivity index (χ3v) is 4.28. The van der Waals surface area contributed by atoms with Crippen molar-refractivity contribution < 1.29 is 24.2 Å². The Labute approximate surface area is 165 Å². The van der Waals surface area contributed by atoms with E-state index in [4.69, 9.17) is 20.3 Å². The number of carbonyl (C=O) groups excluding carboxylic acids is 1. The van der Waals surface area contributed by atoms with Gasteiger partial charge in [-0.1, -0.05) is 6.07 Å². The highest BCUT2D eigenvalue weighted by molar-refractivity contribution is 9.10. The highest BCUT2D eigenvalue weighted by atomic mass is 79.9. The quantitative estimate of drug-likeness (QED) is 0.555. The first-order valence-electron chi connectivity index (χ1n) is 8.26. The van der Waals surface area contributed by atoms with E-state index in [1.165, 1.54) is 0 Å². The number of aryl methyl sites for hydroxylation is 1. The van der Waals surface area contributed by atoms with Crippen LogP contribution in [0.5, 0.6) is 11.5 Å². The molecule has 0 saturated heterocycles. The molecule has 2 aromatic carbocycles. The van der Waals surface area contributed by atoms with E-state index in [-0.39, 0.29) is 12.2 Å². The van der Waals surface area contributed by atoms with Crippen LogP contribution in [-0.4, -0.2) is 30.2 Å². The topological polar surface area (TPSA) is 111 Å². The molecule has 2 rings (SSSR count). The van der Waals surface area contributed by atoms with Crippen LogP contribution in [0.2, 0.25) is 0 Å². The van der Waals surface area contributed by atoms with Crippen molar-refractivity contribution in [3.8, 4) is 11.5 Å². The van der Waals surface area contributed by atoms with E-state index in [1.54, 1.807) is 24.3 Å². The van der Waals surface area contributed by atoms with Crippen molar-refractivity contribution in [2.75, 3.05) is 18.5 Å². The fourth-order valence-electron chi connectivity index (χ4n) is 2.41. The summed E-state index contributed by atoms with van der Waals surface area (Å²) in [6.45, 7) is 4.36. The van der Waals surface area contributed by atoms with E-state index in [1.807, 2.05) is 19.9 Å². The Morgan fingerprint density at radius 1 is 1.22 bits per heavy atom. The summed E-state index contributed by atoms with van der Waals surface area (Å²) in [6.07, 6.45) is 0.